The number of amides is 3. The molecule has 1 aliphatic heterocycles. The highest BCUT2D eigenvalue weighted by molar-refractivity contribution is 6.38. The molecule has 3 rings (SSSR count). The van der Waals surface area contributed by atoms with Crippen molar-refractivity contribution in [3.63, 3.8) is 0 Å². The van der Waals surface area contributed by atoms with E-state index in [0.29, 0.717) is 31.7 Å². The van der Waals surface area contributed by atoms with Crippen molar-refractivity contribution in [2.24, 2.45) is 5.92 Å². The Morgan fingerprint density at radius 3 is 2.52 bits per heavy atom. The first-order valence-corrected chi connectivity index (χ1v) is 10.0. The van der Waals surface area contributed by atoms with E-state index in [4.69, 9.17) is 4.74 Å². The van der Waals surface area contributed by atoms with Gasteiger partial charge in [-0.15, -0.1) is 0 Å². The lowest BCUT2D eigenvalue weighted by Crippen LogP contribution is -2.53. The van der Waals surface area contributed by atoms with Crippen LogP contribution in [0.3, 0.4) is 0 Å². The summed E-state index contributed by atoms with van der Waals surface area (Å²) in [6.07, 6.45) is 3.06. The average Bonchev–Trinajstić information content (AvgIpc) is 3.42. The van der Waals surface area contributed by atoms with Crippen molar-refractivity contribution >= 4 is 23.7 Å². The Labute approximate surface area is 170 Å². The molecule has 29 heavy (non-hydrogen) atoms. The van der Waals surface area contributed by atoms with Gasteiger partial charge in [-0.25, -0.2) is 4.79 Å². The molecule has 1 aromatic rings. The minimum Gasteiger partial charge on any atom is -0.445 e. The van der Waals surface area contributed by atoms with Gasteiger partial charge in [-0.2, -0.15) is 0 Å². The predicted octanol–water partition coefficient (Wildman–Crippen LogP) is 1.39. The molecule has 2 N–H and O–H groups in total. The molecular weight excluding hydrogens is 374 g/mol. The van der Waals surface area contributed by atoms with Crippen LogP contribution in [0.25, 0.3) is 0 Å². The summed E-state index contributed by atoms with van der Waals surface area (Å²) in [6, 6.07) is 7.75. The summed E-state index contributed by atoms with van der Waals surface area (Å²) in [5, 5.41) is 5.02. The van der Waals surface area contributed by atoms with Crippen molar-refractivity contribution in [2.45, 2.75) is 50.8 Å². The predicted molar refractivity (Wildman–Crippen MR) is 105 cm³/mol. The van der Waals surface area contributed by atoms with Crippen LogP contribution in [0.4, 0.5) is 4.79 Å². The number of Topliss-reactive ketones (excluding diaryl/α,β-unsaturated/α-hetero) is 1. The van der Waals surface area contributed by atoms with E-state index in [2.05, 4.69) is 10.6 Å². The fraction of sp³-hybridized carbons (Fsp3) is 0.524. The maximum atomic E-state index is 12.8. The minimum absolute atomic E-state index is 0.129. The van der Waals surface area contributed by atoms with Gasteiger partial charge >= 0.3 is 6.09 Å². The second kappa shape index (κ2) is 9.54. The number of carbonyl (C=O) groups is 4. The molecule has 3 amide bonds. The lowest BCUT2D eigenvalue weighted by molar-refractivity contribution is -0.140. The molecule has 8 heteroatoms. The summed E-state index contributed by atoms with van der Waals surface area (Å²) in [7, 11) is 1.39. The number of likely N-dealkylation sites (N-methyl/N-ethyl adjacent to an activating group) is 1. The molecule has 156 valence electrons. The van der Waals surface area contributed by atoms with Crippen molar-refractivity contribution in [3.05, 3.63) is 35.9 Å². The summed E-state index contributed by atoms with van der Waals surface area (Å²) in [4.78, 5) is 50.8. The Morgan fingerprint density at radius 1 is 1.14 bits per heavy atom. The minimum atomic E-state index is -0.863. The van der Waals surface area contributed by atoms with Crippen molar-refractivity contribution in [1.29, 1.82) is 0 Å². The van der Waals surface area contributed by atoms with Gasteiger partial charge in [0.15, 0.2) is 0 Å². The Bertz CT molecular complexity index is 763. The van der Waals surface area contributed by atoms with Gasteiger partial charge in [-0.1, -0.05) is 43.2 Å². The molecule has 0 spiro atoms. The number of ether oxygens (including phenoxy) is 1. The van der Waals surface area contributed by atoms with Crippen LogP contribution in [-0.4, -0.2) is 54.3 Å². The van der Waals surface area contributed by atoms with Gasteiger partial charge < -0.3 is 15.4 Å². The molecular formula is C21H27N3O5. The molecule has 0 aromatic heterocycles. The van der Waals surface area contributed by atoms with Crippen molar-refractivity contribution in [2.75, 3.05) is 13.6 Å². The summed E-state index contributed by atoms with van der Waals surface area (Å²) in [5.74, 6) is -1.43. The summed E-state index contributed by atoms with van der Waals surface area (Å²) < 4.78 is 5.35. The van der Waals surface area contributed by atoms with Gasteiger partial charge in [0.25, 0.3) is 5.91 Å². The fourth-order valence-electron chi connectivity index (χ4n) is 3.53. The van der Waals surface area contributed by atoms with Gasteiger partial charge in [-0.05, 0) is 30.7 Å². The largest absolute Gasteiger partial charge is 0.445 e. The van der Waals surface area contributed by atoms with Crippen molar-refractivity contribution in [3.8, 4) is 0 Å². The normalized spacial score (nSPS) is 19.3. The molecule has 2 unspecified atom stereocenters. The summed E-state index contributed by atoms with van der Waals surface area (Å²) in [5.41, 5.74) is 0.863. The second-order valence-corrected chi connectivity index (χ2v) is 7.58. The summed E-state index contributed by atoms with van der Waals surface area (Å²) in [6.45, 7) is 0.548. The van der Waals surface area contributed by atoms with Gasteiger partial charge in [0, 0.05) is 13.6 Å². The molecule has 1 saturated heterocycles. The topological polar surface area (TPSA) is 105 Å². The number of nitrogens with zero attached hydrogens (tertiary/aromatic N) is 1. The Hall–Kier alpha value is -2.90. The number of nitrogens with one attached hydrogen (secondary N) is 2. The molecule has 2 fully saturated rings. The van der Waals surface area contributed by atoms with Crippen LogP contribution in [-0.2, 0) is 25.7 Å². The van der Waals surface area contributed by atoms with Crippen LogP contribution in [0.1, 0.15) is 37.7 Å². The van der Waals surface area contributed by atoms with E-state index in [-0.39, 0.29) is 6.61 Å². The van der Waals surface area contributed by atoms with Crippen molar-refractivity contribution < 1.29 is 23.9 Å². The molecule has 2 aliphatic rings. The van der Waals surface area contributed by atoms with E-state index in [0.717, 1.165) is 18.4 Å². The van der Waals surface area contributed by atoms with Crippen molar-refractivity contribution in [1.82, 2.24) is 15.5 Å². The molecule has 1 heterocycles. The Morgan fingerprint density at radius 2 is 1.86 bits per heavy atom. The van der Waals surface area contributed by atoms with E-state index in [9.17, 15) is 19.2 Å². The Kier molecular flexibility index (Phi) is 6.85. The van der Waals surface area contributed by atoms with Crippen LogP contribution < -0.4 is 10.6 Å². The zero-order valence-electron chi connectivity index (χ0n) is 16.6. The first kappa shape index (κ1) is 20.8. The molecule has 1 saturated carbocycles. The number of carbonyl (C=O) groups excluding carboxylic acids is 4. The third-order valence-corrected chi connectivity index (χ3v) is 5.34. The second-order valence-electron chi connectivity index (χ2n) is 7.58. The van der Waals surface area contributed by atoms with Gasteiger partial charge in [-0.3, -0.25) is 19.3 Å². The van der Waals surface area contributed by atoms with Crippen LogP contribution in [0.5, 0.6) is 0 Å². The fourth-order valence-corrected chi connectivity index (χ4v) is 3.53. The first-order valence-electron chi connectivity index (χ1n) is 10.0. The van der Waals surface area contributed by atoms with E-state index in [1.165, 1.54) is 11.9 Å². The quantitative estimate of drug-likeness (QED) is 0.641. The standard InChI is InChI=1S/C21H27N3O5/c1-22-20(27)18(25)16(12-14-9-10-14)23-19(26)17-8-5-11-24(17)21(28)29-13-15-6-3-2-4-7-15/h2-4,6-7,14,16-17H,5,8-13H2,1H3,(H,22,27)(H,23,26). The number of hydrogen-bond donors (Lipinski definition) is 2. The number of ketones is 1. The molecule has 1 aromatic carbocycles. The highest BCUT2D eigenvalue weighted by Gasteiger charge is 2.39. The van der Waals surface area contributed by atoms with Crippen LogP contribution in [0, 0.1) is 5.92 Å². The Balaban J connectivity index is 1.59. The smallest absolute Gasteiger partial charge is 0.410 e. The molecule has 8 nitrogen and oxygen atoms in total. The number of benzene rings is 1. The SMILES string of the molecule is CNC(=O)C(=O)C(CC1CC1)NC(=O)C1CCCN1C(=O)OCc1ccccc1. The van der Waals surface area contributed by atoms with Gasteiger partial charge in [0.05, 0.1) is 6.04 Å². The third-order valence-electron chi connectivity index (χ3n) is 5.34. The number of rotatable bonds is 8. The van der Waals surface area contributed by atoms with Gasteiger partial charge in [0.2, 0.25) is 11.7 Å². The number of hydrogen-bond acceptors (Lipinski definition) is 5. The maximum Gasteiger partial charge on any atom is 0.410 e. The lowest BCUT2D eigenvalue weighted by Gasteiger charge is -2.25. The molecule has 1 aliphatic carbocycles. The maximum absolute atomic E-state index is 12.8. The monoisotopic (exact) mass is 401 g/mol. The first-order chi connectivity index (χ1) is 14.0. The molecule has 0 bridgehead atoms. The zero-order chi connectivity index (χ0) is 20.8. The van der Waals surface area contributed by atoms with E-state index in [1.807, 2.05) is 30.3 Å². The zero-order valence-corrected chi connectivity index (χ0v) is 16.6. The van der Waals surface area contributed by atoms with E-state index >= 15 is 0 Å². The highest BCUT2D eigenvalue weighted by Crippen LogP contribution is 2.33. The van der Waals surface area contributed by atoms with Crippen LogP contribution in [0.15, 0.2) is 30.3 Å². The number of likely N-dealkylation sites (tertiary alicyclic amines) is 1. The lowest BCUT2D eigenvalue weighted by atomic mass is 10.0. The van der Waals surface area contributed by atoms with Crippen LogP contribution in [0.2, 0.25) is 0 Å². The van der Waals surface area contributed by atoms with Crippen LogP contribution >= 0.6 is 0 Å². The molecule has 0 radical (unpaired) electrons. The molecule has 2 atom stereocenters. The van der Waals surface area contributed by atoms with E-state index < -0.39 is 35.8 Å². The van der Waals surface area contributed by atoms with Gasteiger partial charge in [0.1, 0.15) is 12.6 Å². The highest BCUT2D eigenvalue weighted by atomic mass is 16.6. The average molecular weight is 401 g/mol. The third kappa shape index (κ3) is 5.56. The summed E-state index contributed by atoms with van der Waals surface area (Å²) >= 11 is 0. The van der Waals surface area contributed by atoms with E-state index in [1.54, 1.807) is 0 Å².